The third kappa shape index (κ3) is 5.50. The van der Waals surface area contributed by atoms with Crippen molar-refractivity contribution < 1.29 is 14.3 Å². The van der Waals surface area contributed by atoms with Gasteiger partial charge in [-0.05, 0) is 37.1 Å². The normalized spacial score (nSPS) is 10.3. The van der Waals surface area contributed by atoms with Gasteiger partial charge in [0.25, 0.3) is 0 Å². The van der Waals surface area contributed by atoms with Gasteiger partial charge in [-0.15, -0.1) is 10.2 Å². The van der Waals surface area contributed by atoms with Crippen molar-refractivity contribution in [1.29, 1.82) is 0 Å². The standard InChI is InChI=1S/C15H18N4O3S2/c1-9-4-5-11(6-10(9)2)17-14-18-19-15(24-14)23-8-12(20)16-7-13(21)22-3/h4-6H,7-8H2,1-3H3,(H,16,20)(H,17,18). The molecule has 1 aromatic carbocycles. The molecule has 7 nitrogen and oxygen atoms in total. The fraction of sp³-hybridized carbons (Fsp3) is 0.333. The lowest BCUT2D eigenvalue weighted by molar-refractivity contribution is -0.140. The van der Waals surface area contributed by atoms with Crippen LogP contribution in [0.4, 0.5) is 10.8 Å². The number of thioether (sulfide) groups is 1. The van der Waals surface area contributed by atoms with Gasteiger partial charge >= 0.3 is 5.97 Å². The molecule has 0 spiro atoms. The van der Waals surface area contributed by atoms with Crippen LogP contribution in [0.1, 0.15) is 11.1 Å². The van der Waals surface area contributed by atoms with Gasteiger partial charge < -0.3 is 15.4 Å². The van der Waals surface area contributed by atoms with E-state index in [1.54, 1.807) is 0 Å². The Hall–Kier alpha value is -2.13. The molecule has 0 bridgehead atoms. The molecule has 2 N–H and O–H groups in total. The van der Waals surface area contributed by atoms with Crippen molar-refractivity contribution >= 4 is 45.8 Å². The van der Waals surface area contributed by atoms with Crippen molar-refractivity contribution in [3.63, 3.8) is 0 Å². The first-order valence-electron chi connectivity index (χ1n) is 7.12. The number of aromatic nitrogens is 2. The summed E-state index contributed by atoms with van der Waals surface area (Å²) in [6.45, 7) is 3.98. The molecule has 0 saturated heterocycles. The zero-order valence-electron chi connectivity index (χ0n) is 13.6. The maximum atomic E-state index is 11.6. The first-order valence-corrected chi connectivity index (χ1v) is 8.92. The lowest BCUT2D eigenvalue weighted by Crippen LogP contribution is -2.31. The molecule has 1 amide bonds. The number of ether oxygens (including phenoxy) is 1. The van der Waals surface area contributed by atoms with Crippen molar-refractivity contribution in [3.8, 4) is 0 Å². The van der Waals surface area contributed by atoms with Crippen molar-refractivity contribution in [2.45, 2.75) is 18.2 Å². The molecular weight excluding hydrogens is 348 g/mol. The van der Waals surface area contributed by atoms with Crippen LogP contribution in [0.25, 0.3) is 0 Å². The minimum absolute atomic E-state index is 0.133. The highest BCUT2D eigenvalue weighted by Gasteiger charge is 2.10. The molecule has 2 rings (SSSR count). The average molecular weight is 366 g/mol. The largest absolute Gasteiger partial charge is 0.468 e. The fourth-order valence-corrected chi connectivity index (χ4v) is 3.28. The van der Waals surface area contributed by atoms with Gasteiger partial charge in [-0.25, -0.2) is 0 Å². The summed E-state index contributed by atoms with van der Waals surface area (Å²) in [6.07, 6.45) is 0. The number of hydrogen-bond acceptors (Lipinski definition) is 8. The fourth-order valence-electron chi connectivity index (χ4n) is 1.68. The maximum absolute atomic E-state index is 11.6. The summed E-state index contributed by atoms with van der Waals surface area (Å²) >= 11 is 2.63. The number of amides is 1. The van der Waals surface area contributed by atoms with Gasteiger partial charge in [0.1, 0.15) is 6.54 Å². The van der Waals surface area contributed by atoms with E-state index < -0.39 is 5.97 Å². The monoisotopic (exact) mass is 366 g/mol. The highest BCUT2D eigenvalue weighted by atomic mass is 32.2. The van der Waals surface area contributed by atoms with Crippen LogP contribution < -0.4 is 10.6 Å². The number of rotatable bonds is 7. The lowest BCUT2D eigenvalue weighted by atomic mass is 10.1. The number of carbonyl (C=O) groups is 2. The van der Waals surface area contributed by atoms with Gasteiger partial charge in [-0.1, -0.05) is 29.2 Å². The molecule has 9 heteroatoms. The molecule has 0 aliphatic carbocycles. The Morgan fingerprint density at radius 3 is 2.75 bits per heavy atom. The zero-order chi connectivity index (χ0) is 17.5. The molecule has 1 aromatic heterocycles. The number of nitrogens with zero attached hydrogens (tertiary/aromatic N) is 2. The van der Waals surface area contributed by atoms with Gasteiger partial charge in [-0.2, -0.15) is 0 Å². The zero-order valence-corrected chi connectivity index (χ0v) is 15.2. The van der Waals surface area contributed by atoms with Crippen LogP contribution in [0, 0.1) is 13.8 Å². The molecule has 2 aromatic rings. The highest BCUT2D eigenvalue weighted by molar-refractivity contribution is 8.01. The minimum Gasteiger partial charge on any atom is -0.468 e. The second kappa shape index (κ2) is 8.65. The van der Waals surface area contributed by atoms with Gasteiger partial charge in [0.2, 0.25) is 11.0 Å². The van der Waals surface area contributed by atoms with Crippen LogP contribution in [0.3, 0.4) is 0 Å². The number of benzene rings is 1. The number of anilines is 2. The van der Waals surface area contributed by atoms with E-state index in [0.29, 0.717) is 9.47 Å². The van der Waals surface area contributed by atoms with Crippen LogP contribution >= 0.6 is 23.1 Å². The Bertz CT molecular complexity index is 733. The van der Waals surface area contributed by atoms with Crippen molar-refractivity contribution in [2.75, 3.05) is 24.7 Å². The number of carbonyl (C=O) groups excluding carboxylic acids is 2. The van der Waals surface area contributed by atoms with Gasteiger partial charge in [-0.3, -0.25) is 9.59 Å². The Morgan fingerprint density at radius 1 is 1.25 bits per heavy atom. The predicted octanol–water partition coefficient (Wildman–Crippen LogP) is 2.28. The number of hydrogen-bond donors (Lipinski definition) is 2. The first-order chi connectivity index (χ1) is 11.5. The van der Waals surface area contributed by atoms with E-state index in [9.17, 15) is 9.59 Å². The topological polar surface area (TPSA) is 93.2 Å². The second-order valence-corrected chi connectivity index (χ2v) is 7.14. The van der Waals surface area contributed by atoms with Gasteiger partial charge in [0.15, 0.2) is 4.34 Å². The Kier molecular flexibility index (Phi) is 6.56. The molecule has 1 heterocycles. The highest BCUT2D eigenvalue weighted by Crippen LogP contribution is 2.28. The molecule has 0 unspecified atom stereocenters. The SMILES string of the molecule is COC(=O)CNC(=O)CSc1nnc(Nc2ccc(C)c(C)c2)s1. The minimum atomic E-state index is -0.482. The number of aryl methyl sites for hydroxylation is 2. The summed E-state index contributed by atoms with van der Waals surface area (Å²) in [5.74, 6) is -0.580. The molecule has 0 atom stereocenters. The summed E-state index contributed by atoms with van der Waals surface area (Å²) < 4.78 is 5.13. The van der Waals surface area contributed by atoms with E-state index in [0.717, 1.165) is 5.69 Å². The van der Waals surface area contributed by atoms with E-state index in [-0.39, 0.29) is 18.2 Å². The molecule has 0 radical (unpaired) electrons. The predicted molar refractivity (Wildman–Crippen MR) is 94.9 cm³/mol. The van der Waals surface area contributed by atoms with Crippen molar-refractivity contribution in [1.82, 2.24) is 15.5 Å². The lowest BCUT2D eigenvalue weighted by Gasteiger charge is -2.05. The van der Waals surface area contributed by atoms with E-state index in [1.165, 1.54) is 41.3 Å². The molecule has 0 saturated carbocycles. The molecule has 128 valence electrons. The summed E-state index contributed by atoms with van der Waals surface area (Å²) in [4.78, 5) is 22.5. The smallest absolute Gasteiger partial charge is 0.325 e. The third-order valence-electron chi connectivity index (χ3n) is 3.15. The van der Waals surface area contributed by atoms with Gasteiger partial charge in [0.05, 0.1) is 12.9 Å². The Balaban J connectivity index is 1.83. The summed E-state index contributed by atoms with van der Waals surface area (Å²) in [5, 5.41) is 14.4. The van der Waals surface area contributed by atoms with Crippen molar-refractivity contribution in [3.05, 3.63) is 29.3 Å². The number of esters is 1. The van der Waals surface area contributed by atoms with Crippen LogP contribution in [-0.2, 0) is 14.3 Å². The van der Waals surface area contributed by atoms with Crippen LogP contribution in [-0.4, -0.2) is 41.5 Å². The van der Waals surface area contributed by atoms with E-state index in [1.807, 2.05) is 18.2 Å². The van der Waals surface area contributed by atoms with E-state index in [4.69, 9.17) is 0 Å². The summed E-state index contributed by atoms with van der Waals surface area (Å²) in [7, 11) is 1.27. The molecule has 0 aliphatic rings. The summed E-state index contributed by atoms with van der Waals surface area (Å²) in [6, 6.07) is 6.07. The Morgan fingerprint density at radius 2 is 2.04 bits per heavy atom. The molecular formula is C15H18N4O3S2. The first kappa shape index (κ1) is 18.2. The summed E-state index contributed by atoms with van der Waals surface area (Å²) in [5.41, 5.74) is 3.37. The second-order valence-electron chi connectivity index (χ2n) is 4.94. The maximum Gasteiger partial charge on any atom is 0.325 e. The quantitative estimate of drug-likeness (QED) is 0.573. The van der Waals surface area contributed by atoms with E-state index >= 15 is 0 Å². The molecule has 24 heavy (non-hydrogen) atoms. The average Bonchev–Trinajstić information content (AvgIpc) is 3.01. The van der Waals surface area contributed by atoms with Crippen LogP contribution in [0.5, 0.6) is 0 Å². The van der Waals surface area contributed by atoms with Crippen LogP contribution in [0.15, 0.2) is 22.5 Å². The van der Waals surface area contributed by atoms with Crippen LogP contribution in [0.2, 0.25) is 0 Å². The van der Waals surface area contributed by atoms with Gasteiger partial charge in [0, 0.05) is 5.69 Å². The Labute approximate surface area is 148 Å². The number of methoxy groups -OCH3 is 1. The molecule has 0 aliphatic heterocycles. The number of nitrogens with one attached hydrogen (secondary N) is 2. The van der Waals surface area contributed by atoms with Crippen molar-refractivity contribution in [2.24, 2.45) is 0 Å². The third-order valence-corrected chi connectivity index (χ3v) is 5.12. The molecule has 0 fully saturated rings. The van der Waals surface area contributed by atoms with E-state index in [2.05, 4.69) is 39.4 Å².